The van der Waals surface area contributed by atoms with E-state index in [0.29, 0.717) is 18.2 Å². The molecule has 2 rings (SSSR count). The van der Waals surface area contributed by atoms with Crippen molar-refractivity contribution in [3.8, 4) is 0 Å². The smallest absolute Gasteiger partial charge is 0.227 e. The number of nitrogens with zero attached hydrogens (tertiary/aromatic N) is 1. The van der Waals surface area contributed by atoms with E-state index in [4.69, 9.17) is 5.41 Å². The Kier molecular flexibility index (Phi) is 16.2. The van der Waals surface area contributed by atoms with E-state index in [2.05, 4.69) is 38.4 Å². The molecule has 1 saturated heterocycles. The minimum atomic E-state index is -0.325. The van der Waals surface area contributed by atoms with Crippen LogP contribution in [0.5, 0.6) is 0 Å². The van der Waals surface area contributed by atoms with Crippen LogP contribution in [-0.4, -0.2) is 48.5 Å². The van der Waals surface area contributed by atoms with Crippen molar-refractivity contribution in [2.75, 3.05) is 20.1 Å². The van der Waals surface area contributed by atoms with Gasteiger partial charge in [-0.15, -0.1) is 0 Å². The molecule has 1 unspecified atom stereocenters. The molecule has 0 aromatic carbocycles. The number of thiophene rings is 1. The van der Waals surface area contributed by atoms with Crippen molar-refractivity contribution < 1.29 is 9.59 Å². The topological polar surface area (TPSA) is 73.3 Å². The van der Waals surface area contributed by atoms with E-state index in [9.17, 15) is 9.59 Å². The number of rotatable bonds is 9. The van der Waals surface area contributed by atoms with E-state index < -0.39 is 0 Å². The van der Waals surface area contributed by atoms with Gasteiger partial charge in [0, 0.05) is 13.1 Å². The first kappa shape index (κ1) is 30.5. The number of likely N-dealkylation sites (N-methyl/N-ethyl adjacent to an activating group) is 1. The standard InChI is InChI=1S/C13H19NOS.C9H19NO.C4H9N/c1-2-11-3-6-14(7-4-11)13(15)9-12-5-8-16-10-12;1-7(2)6-9(4,10-5)8(3)11;1-2-3-4-5/h5,8,10-11H,2-4,6-7,9H2,1H3;7,10H,6H2,1-5H3;4-5H,2-3H2,1H3. The monoisotopic (exact) mass is 465 g/mol. The molecule has 1 aliphatic heterocycles. The lowest BCUT2D eigenvalue weighted by Crippen LogP contribution is -2.47. The summed E-state index contributed by atoms with van der Waals surface area (Å²) in [4.78, 5) is 25.2. The van der Waals surface area contributed by atoms with Crippen molar-refractivity contribution in [1.82, 2.24) is 10.2 Å². The highest BCUT2D eigenvalue weighted by molar-refractivity contribution is 7.08. The molecule has 1 fully saturated rings. The lowest BCUT2D eigenvalue weighted by molar-refractivity contribution is -0.131. The molecule has 2 heterocycles. The predicted molar refractivity (Wildman–Crippen MR) is 139 cm³/mol. The molecular weight excluding hydrogens is 418 g/mol. The zero-order chi connectivity index (χ0) is 24.6. The number of carbonyl (C=O) groups is 2. The van der Waals surface area contributed by atoms with Crippen LogP contribution in [0.3, 0.4) is 0 Å². The number of unbranched alkanes of at least 4 members (excludes halogenated alkanes) is 1. The average molecular weight is 466 g/mol. The maximum absolute atomic E-state index is 12.0. The van der Waals surface area contributed by atoms with Crippen molar-refractivity contribution in [1.29, 1.82) is 5.41 Å². The number of amides is 1. The summed E-state index contributed by atoms with van der Waals surface area (Å²) >= 11 is 1.66. The lowest BCUT2D eigenvalue weighted by Gasteiger charge is -2.31. The van der Waals surface area contributed by atoms with Crippen molar-refractivity contribution in [2.24, 2.45) is 11.8 Å². The number of hydrogen-bond acceptors (Lipinski definition) is 5. The molecule has 1 aromatic rings. The van der Waals surface area contributed by atoms with Gasteiger partial charge in [0.15, 0.2) is 0 Å². The summed E-state index contributed by atoms with van der Waals surface area (Å²) in [5.41, 5.74) is 0.835. The van der Waals surface area contributed by atoms with Crippen LogP contribution >= 0.6 is 11.3 Å². The molecule has 1 amide bonds. The minimum absolute atomic E-state index is 0.216. The van der Waals surface area contributed by atoms with Crippen LogP contribution in [0.1, 0.15) is 85.6 Å². The Morgan fingerprint density at radius 3 is 2.25 bits per heavy atom. The fourth-order valence-electron chi connectivity index (χ4n) is 3.65. The molecule has 32 heavy (non-hydrogen) atoms. The van der Waals surface area contributed by atoms with Crippen LogP contribution in [0.2, 0.25) is 0 Å². The maximum atomic E-state index is 12.0. The Hall–Kier alpha value is -1.53. The predicted octanol–water partition coefficient (Wildman–Crippen LogP) is 5.97. The normalized spacial score (nSPS) is 15.7. The summed E-state index contributed by atoms with van der Waals surface area (Å²) in [6.07, 6.45) is 8.58. The van der Waals surface area contributed by atoms with Gasteiger partial charge in [-0.2, -0.15) is 11.3 Å². The minimum Gasteiger partial charge on any atom is -0.342 e. The Bertz CT molecular complexity index is 638. The summed E-state index contributed by atoms with van der Waals surface area (Å²) < 4.78 is 0. The Morgan fingerprint density at radius 2 is 1.94 bits per heavy atom. The lowest BCUT2D eigenvalue weighted by atomic mass is 9.88. The van der Waals surface area contributed by atoms with Gasteiger partial charge < -0.3 is 15.6 Å². The van der Waals surface area contributed by atoms with Gasteiger partial charge >= 0.3 is 0 Å². The maximum Gasteiger partial charge on any atom is 0.227 e. The molecule has 0 spiro atoms. The number of piperidine rings is 1. The highest BCUT2D eigenvalue weighted by atomic mass is 32.1. The fourth-order valence-corrected chi connectivity index (χ4v) is 4.32. The number of likely N-dealkylation sites (tertiary alicyclic amines) is 1. The van der Waals surface area contributed by atoms with Gasteiger partial charge in [0.25, 0.3) is 0 Å². The number of nitrogens with one attached hydrogen (secondary N) is 2. The molecule has 0 aliphatic carbocycles. The van der Waals surface area contributed by atoms with Gasteiger partial charge in [-0.05, 0) is 87.0 Å². The number of carbonyl (C=O) groups excluding carboxylic acids is 2. The SMILES string of the molecule is CCC1CCN(C(=O)Cc2ccsc2)CC1.CCCC=N.CNC(C)(CC(C)C)C(C)=O. The van der Waals surface area contributed by atoms with Gasteiger partial charge in [-0.3, -0.25) is 9.59 Å². The molecule has 0 bridgehead atoms. The van der Waals surface area contributed by atoms with E-state index in [0.717, 1.165) is 43.8 Å². The molecule has 2 N–H and O–H groups in total. The molecule has 1 aromatic heterocycles. The van der Waals surface area contributed by atoms with Crippen molar-refractivity contribution in [3.05, 3.63) is 22.4 Å². The second-order valence-electron chi connectivity index (χ2n) is 9.27. The second-order valence-corrected chi connectivity index (χ2v) is 10.0. The summed E-state index contributed by atoms with van der Waals surface area (Å²) in [6, 6.07) is 2.04. The van der Waals surface area contributed by atoms with E-state index in [-0.39, 0.29) is 11.3 Å². The van der Waals surface area contributed by atoms with Gasteiger partial charge in [0.2, 0.25) is 5.91 Å². The number of ketones is 1. The summed E-state index contributed by atoms with van der Waals surface area (Å²) in [5, 5.41) is 13.6. The van der Waals surface area contributed by atoms with Gasteiger partial charge in [-0.25, -0.2) is 0 Å². The molecule has 184 valence electrons. The quantitative estimate of drug-likeness (QED) is 0.441. The van der Waals surface area contributed by atoms with E-state index in [1.165, 1.54) is 25.5 Å². The number of hydrogen-bond donors (Lipinski definition) is 2. The third-order valence-corrected chi connectivity index (χ3v) is 6.79. The molecular formula is C26H47N3O2S. The molecule has 1 atom stereocenters. The average Bonchev–Trinajstić information content (AvgIpc) is 3.27. The van der Waals surface area contributed by atoms with Crippen molar-refractivity contribution in [2.45, 2.75) is 92.0 Å². The highest BCUT2D eigenvalue weighted by Crippen LogP contribution is 2.21. The van der Waals surface area contributed by atoms with Crippen LogP contribution in [0.25, 0.3) is 0 Å². The Labute approximate surface area is 200 Å². The van der Waals surface area contributed by atoms with Crippen molar-refractivity contribution >= 4 is 29.2 Å². The van der Waals surface area contributed by atoms with Crippen LogP contribution < -0.4 is 5.32 Å². The van der Waals surface area contributed by atoms with Gasteiger partial charge in [-0.1, -0.05) is 40.5 Å². The first-order valence-corrected chi connectivity index (χ1v) is 13.0. The van der Waals surface area contributed by atoms with Crippen molar-refractivity contribution in [3.63, 3.8) is 0 Å². The van der Waals surface area contributed by atoms with Crippen LogP contribution in [0, 0.1) is 17.2 Å². The highest BCUT2D eigenvalue weighted by Gasteiger charge is 2.28. The molecule has 0 radical (unpaired) electrons. The third kappa shape index (κ3) is 12.5. The first-order chi connectivity index (χ1) is 15.1. The van der Waals surface area contributed by atoms with Gasteiger partial charge in [0.1, 0.15) is 5.78 Å². The first-order valence-electron chi connectivity index (χ1n) is 12.1. The second kappa shape index (κ2) is 17.0. The summed E-state index contributed by atoms with van der Waals surface area (Å²) in [6.45, 7) is 14.1. The van der Waals surface area contributed by atoms with Crippen LogP contribution in [0.15, 0.2) is 16.8 Å². The Balaban J connectivity index is 0.000000523. The largest absolute Gasteiger partial charge is 0.342 e. The van der Waals surface area contributed by atoms with E-state index in [1.807, 2.05) is 30.3 Å². The zero-order valence-electron chi connectivity index (χ0n) is 21.5. The molecule has 5 nitrogen and oxygen atoms in total. The van der Waals surface area contributed by atoms with Gasteiger partial charge in [0.05, 0.1) is 12.0 Å². The van der Waals surface area contributed by atoms with Crippen LogP contribution in [0.4, 0.5) is 0 Å². The third-order valence-electron chi connectivity index (χ3n) is 6.06. The van der Waals surface area contributed by atoms with Crippen LogP contribution in [-0.2, 0) is 16.0 Å². The summed E-state index contributed by atoms with van der Waals surface area (Å²) in [5.74, 6) is 1.91. The molecule has 6 heteroatoms. The fraction of sp³-hybridized carbons (Fsp3) is 0.731. The Morgan fingerprint density at radius 1 is 1.31 bits per heavy atom. The molecule has 0 saturated carbocycles. The van der Waals surface area contributed by atoms with E-state index in [1.54, 1.807) is 18.3 Å². The number of Topliss-reactive ketones (excluding diaryl/α,β-unsaturated/α-hetero) is 1. The zero-order valence-corrected chi connectivity index (χ0v) is 22.3. The van der Waals surface area contributed by atoms with E-state index >= 15 is 0 Å². The summed E-state index contributed by atoms with van der Waals surface area (Å²) in [7, 11) is 1.84. The molecule has 1 aliphatic rings.